The van der Waals surface area contributed by atoms with E-state index in [1.807, 2.05) is 41.3 Å². The molecule has 1 heterocycles. The predicted molar refractivity (Wildman–Crippen MR) is 136 cm³/mol. The molecule has 1 saturated heterocycles. The van der Waals surface area contributed by atoms with Crippen molar-refractivity contribution < 1.29 is 18.3 Å². The Balaban J connectivity index is 1.30. The number of phenols is 1. The van der Waals surface area contributed by atoms with Gasteiger partial charge in [0.2, 0.25) is 15.9 Å². The van der Waals surface area contributed by atoms with Gasteiger partial charge in [-0.3, -0.25) is 4.79 Å². The third kappa shape index (κ3) is 4.16. The average Bonchev–Trinajstić information content (AvgIpc) is 3.24. The smallest absolute Gasteiger partial charge is 0.226 e. The van der Waals surface area contributed by atoms with Crippen LogP contribution in [0.4, 0.5) is 0 Å². The Hall–Kier alpha value is -2.38. The molecule has 0 radical (unpaired) electrons. The Morgan fingerprint density at radius 1 is 1.09 bits per heavy atom. The van der Waals surface area contributed by atoms with Crippen LogP contribution < -0.4 is 4.72 Å². The third-order valence-corrected chi connectivity index (χ3v) is 10.6. The summed E-state index contributed by atoms with van der Waals surface area (Å²) in [5.41, 5.74) is 2.67. The van der Waals surface area contributed by atoms with Crippen molar-refractivity contribution in [3.63, 3.8) is 0 Å². The molecular weight excluding hydrogens is 460 g/mol. The van der Waals surface area contributed by atoms with E-state index in [0.717, 1.165) is 17.5 Å². The largest absolute Gasteiger partial charge is 0.508 e. The topological polar surface area (TPSA) is 86.7 Å². The molecule has 4 atom stereocenters. The van der Waals surface area contributed by atoms with Crippen LogP contribution in [0.1, 0.15) is 63.1 Å². The van der Waals surface area contributed by atoms with Gasteiger partial charge in [-0.1, -0.05) is 63.2 Å². The van der Waals surface area contributed by atoms with Gasteiger partial charge in [0, 0.05) is 30.0 Å². The van der Waals surface area contributed by atoms with Gasteiger partial charge < -0.3 is 10.0 Å². The van der Waals surface area contributed by atoms with Gasteiger partial charge >= 0.3 is 0 Å². The molecule has 3 aliphatic rings. The van der Waals surface area contributed by atoms with Crippen molar-refractivity contribution in [3.8, 4) is 5.75 Å². The third-order valence-electron chi connectivity index (χ3n) is 9.24. The molecule has 2 aromatic rings. The lowest BCUT2D eigenvalue weighted by molar-refractivity contribution is -0.148. The summed E-state index contributed by atoms with van der Waals surface area (Å²) < 4.78 is 28.3. The van der Waals surface area contributed by atoms with Gasteiger partial charge in [-0.05, 0) is 60.3 Å². The van der Waals surface area contributed by atoms with Gasteiger partial charge in [0.15, 0.2) is 0 Å². The van der Waals surface area contributed by atoms with Crippen LogP contribution in [0.2, 0.25) is 0 Å². The highest BCUT2D eigenvalue weighted by Crippen LogP contribution is 2.57. The predicted octanol–water partition coefficient (Wildman–Crippen LogP) is 4.12. The highest BCUT2D eigenvalue weighted by Gasteiger charge is 2.57. The summed E-state index contributed by atoms with van der Waals surface area (Å²) in [5, 5.41) is 10.6. The fourth-order valence-electron chi connectivity index (χ4n) is 6.83. The van der Waals surface area contributed by atoms with Crippen LogP contribution in [-0.2, 0) is 32.4 Å². The maximum Gasteiger partial charge on any atom is 0.226 e. The minimum atomic E-state index is -3.47. The van der Waals surface area contributed by atoms with Crippen molar-refractivity contribution in [1.82, 2.24) is 9.62 Å². The van der Waals surface area contributed by atoms with E-state index in [4.69, 9.17) is 0 Å². The summed E-state index contributed by atoms with van der Waals surface area (Å²) in [6.45, 7) is 7.46. The number of piperidine rings is 1. The highest BCUT2D eigenvalue weighted by atomic mass is 32.2. The summed E-state index contributed by atoms with van der Waals surface area (Å²) in [6.07, 6.45) is 3.40. The van der Waals surface area contributed by atoms with Crippen LogP contribution in [0, 0.1) is 11.3 Å². The van der Waals surface area contributed by atoms with Crippen LogP contribution >= 0.6 is 0 Å². The van der Waals surface area contributed by atoms with Crippen molar-refractivity contribution in [1.29, 1.82) is 0 Å². The lowest BCUT2D eigenvalue weighted by Crippen LogP contribution is -2.65. The van der Waals surface area contributed by atoms with Gasteiger partial charge in [0.05, 0.1) is 5.75 Å². The molecule has 2 bridgehead atoms. The second-order valence-electron chi connectivity index (χ2n) is 11.4. The molecular formula is C28H36N2O4S. The first kappa shape index (κ1) is 24.3. The lowest BCUT2D eigenvalue weighted by atomic mass is 9.51. The average molecular weight is 497 g/mol. The lowest BCUT2D eigenvalue weighted by Gasteiger charge is -2.61. The fourth-order valence-corrected chi connectivity index (χ4v) is 8.26. The minimum Gasteiger partial charge on any atom is -0.508 e. The molecule has 6 nitrogen and oxygen atoms in total. The number of carbonyl (C=O) groups excluding carboxylic acids is 1. The molecule has 35 heavy (non-hydrogen) atoms. The number of sulfonamides is 1. The minimum absolute atomic E-state index is 0.00312. The van der Waals surface area contributed by atoms with Gasteiger partial charge in [-0.25, -0.2) is 13.1 Å². The molecule has 188 valence electrons. The highest BCUT2D eigenvalue weighted by molar-refractivity contribution is 7.88. The Bertz CT molecular complexity index is 1230. The van der Waals surface area contributed by atoms with E-state index in [-0.39, 0.29) is 40.5 Å². The molecule has 2 fully saturated rings. The first-order chi connectivity index (χ1) is 16.5. The first-order valence-corrected chi connectivity index (χ1v) is 14.3. The maximum atomic E-state index is 13.8. The number of phenolic OH excluding ortho intramolecular Hbond substituents is 1. The fraction of sp³-hybridized carbons (Fsp3) is 0.536. The second kappa shape index (κ2) is 8.63. The molecule has 1 aliphatic heterocycles. The number of likely N-dealkylation sites (tertiary alicyclic amines) is 1. The molecule has 2 aliphatic carbocycles. The number of amides is 1. The number of rotatable bonds is 5. The molecule has 0 unspecified atom stereocenters. The molecule has 1 saturated carbocycles. The normalized spacial score (nSPS) is 29.6. The number of nitrogens with zero attached hydrogens (tertiary/aromatic N) is 1. The first-order valence-electron chi connectivity index (χ1n) is 12.7. The Morgan fingerprint density at radius 3 is 2.57 bits per heavy atom. The van der Waals surface area contributed by atoms with E-state index in [9.17, 15) is 18.3 Å². The zero-order valence-corrected chi connectivity index (χ0v) is 21.6. The quantitative estimate of drug-likeness (QED) is 0.652. The second-order valence-corrected chi connectivity index (χ2v) is 13.2. The molecule has 7 heteroatoms. The molecule has 2 N–H and O–H groups in total. The van der Waals surface area contributed by atoms with E-state index in [1.54, 1.807) is 6.07 Å². The van der Waals surface area contributed by atoms with E-state index in [2.05, 4.69) is 31.6 Å². The Labute approximate surface area is 208 Å². The number of hydrogen-bond donors (Lipinski definition) is 2. The summed E-state index contributed by atoms with van der Waals surface area (Å²) >= 11 is 0. The standard InChI is InChI=1S/C28H36N2O4S/c1-27(2)25-17-22-23(10-7-11-24(22)31)28(27,3)14-15-30(25)26(32)20-12-13-21(16-20)29-35(33,34)18-19-8-5-4-6-9-19/h4-11,20-21,25,29,31H,12-18H2,1-3H3/t20-,21-,25-,28+/m1/s1. The van der Waals surface area contributed by atoms with Gasteiger partial charge in [-0.2, -0.15) is 0 Å². The van der Waals surface area contributed by atoms with E-state index in [1.165, 1.54) is 5.56 Å². The number of fused-ring (bicyclic) bond motifs is 4. The van der Waals surface area contributed by atoms with E-state index >= 15 is 0 Å². The Morgan fingerprint density at radius 2 is 1.83 bits per heavy atom. The van der Waals surface area contributed by atoms with Crippen LogP contribution in [0.5, 0.6) is 5.75 Å². The number of benzene rings is 2. The van der Waals surface area contributed by atoms with E-state index in [0.29, 0.717) is 38.0 Å². The summed E-state index contributed by atoms with van der Waals surface area (Å²) in [4.78, 5) is 15.8. The molecule has 1 amide bonds. The number of carbonyl (C=O) groups is 1. The summed E-state index contributed by atoms with van der Waals surface area (Å²) in [5.74, 6) is 0.226. The van der Waals surface area contributed by atoms with Crippen molar-refractivity contribution in [3.05, 3.63) is 65.2 Å². The van der Waals surface area contributed by atoms with Crippen molar-refractivity contribution >= 4 is 15.9 Å². The van der Waals surface area contributed by atoms with Crippen LogP contribution in [0.3, 0.4) is 0 Å². The molecule has 0 aromatic heterocycles. The molecule has 0 spiro atoms. The van der Waals surface area contributed by atoms with Gasteiger partial charge in [0.1, 0.15) is 5.75 Å². The van der Waals surface area contributed by atoms with Crippen molar-refractivity contribution in [2.75, 3.05) is 6.54 Å². The summed E-state index contributed by atoms with van der Waals surface area (Å²) in [7, 11) is -3.47. The number of aromatic hydroxyl groups is 1. The maximum absolute atomic E-state index is 13.8. The zero-order valence-electron chi connectivity index (χ0n) is 20.8. The van der Waals surface area contributed by atoms with Crippen LogP contribution in [0.25, 0.3) is 0 Å². The van der Waals surface area contributed by atoms with E-state index < -0.39 is 10.0 Å². The van der Waals surface area contributed by atoms with Gasteiger partial charge in [0.25, 0.3) is 0 Å². The number of hydrogen-bond acceptors (Lipinski definition) is 4. The molecule has 2 aromatic carbocycles. The monoisotopic (exact) mass is 496 g/mol. The van der Waals surface area contributed by atoms with Gasteiger partial charge in [-0.15, -0.1) is 0 Å². The summed E-state index contributed by atoms with van der Waals surface area (Å²) in [6, 6.07) is 14.8. The Kier molecular flexibility index (Phi) is 5.99. The van der Waals surface area contributed by atoms with Crippen LogP contribution in [-0.4, -0.2) is 43.0 Å². The molecule has 5 rings (SSSR count). The zero-order chi connectivity index (χ0) is 25.0. The van der Waals surface area contributed by atoms with Crippen molar-refractivity contribution in [2.24, 2.45) is 11.3 Å². The van der Waals surface area contributed by atoms with Crippen LogP contribution in [0.15, 0.2) is 48.5 Å². The SMILES string of the molecule is CC1(C)[C@H]2Cc3c(O)cccc3[C@]1(C)CCN2C(=O)[C@@H]1CC[C@@H](NS(=O)(=O)Cc2ccccc2)C1. The number of nitrogens with one attached hydrogen (secondary N) is 1. The van der Waals surface area contributed by atoms with Crippen molar-refractivity contribution in [2.45, 2.75) is 76.1 Å².